The standard InChI is InChI=1S/C16H16BF2N3/c1-11(2)15-7-5-12-10-13-6-8-16(14-4-3-9-20-14)22(13)17(18,19)21(12)15/h3-11,20H,1-2H3. The van der Waals surface area contributed by atoms with E-state index in [9.17, 15) is 0 Å². The predicted molar refractivity (Wildman–Crippen MR) is 84.2 cm³/mol. The van der Waals surface area contributed by atoms with Gasteiger partial charge in [0.05, 0.1) is 0 Å². The number of hydrogen-bond acceptors (Lipinski definition) is 0. The van der Waals surface area contributed by atoms with Gasteiger partial charge in [0.25, 0.3) is 0 Å². The van der Waals surface area contributed by atoms with Crippen molar-refractivity contribution in [3.05, 3.63) is 65.4 Å². The summed E-state index contributed by atoms with van der Waals surface area (Å²) in [5.41, 5.74) is 2.97. The van der Waals surface area contributed by atoms with Crippen molar-refractivity contribution in [2.75, 3.05) is 0 Å². The summed E-state index contributed by atoms with van der Waals surface area (Å²) >= 11 is 0. The molecule has 0 aromatic carbocycles. The zero-order valence-electron chi connectivity index (χ0n) is 12.4. The van der Waals surface area contributed by atoms with Gasteiger partial charge in [0, 0.05) is 30.1 Å². The lowest BCUT2D eigenvalue weighted by molar-refractivity contribution is -0.360. The lowest BCUT2D eigenvalue weighted by Gasteiger charge is -2.31. The molecule has 0 saturated heterocycles. The van der Waals surface area contributed by atoms with Crippen LogP contribution in [0.3, 0.4) is 0 Å². The summed E-state index contributed by atoms with van der Waals surface area (Å²) in [7, 11) is 0. The molecule has 2 aliphatic heterocycles. The lowest BCUT2D eigenvalue weighted by atomic mass is 9.89. The largest absolute Gasteiger partial charge is 0.737 e. The van der Waals surface area contributed by atoms with Gasteiger partial charge in [-0.2, -0.15) is 0 Å². The Morgan fingerprint density at radius 2 is 2.00 bits per heavy atom. The second-order valence-corrected chi connectivity index (χ2v) is 6.04. The number of hydrogen-bond donors (Lipinski definition) is 1. The van der Waals surface area contributed by atoms with Crippen molar-refractivity contribution in [1.82, 2.24) is 9.46 Å². The fraction of sp³-hybridized carbons (Fsp3) is 0.188. The second kappa shape index (κ2) is 4.32. The van der Waals surface area contributed by atoms with E-state index in [1.807, 2.05) is 32.1 Å². The number of rotatable bonds is 2. The van der Waals surface area contributed by atoms with E-state index in [-0.39, 0.29) is 5.92 Å². The third-order valence-electron chi connectivity index (χ3n) is 4.31. The fourth-order valence-electron chi connectivity index (χ4n) is 3.33. The molecule has 2 aromatic heterocycles. The summed E-state index contributed by atoms with van der Waals surface area (Å²) in [5.74, 6) is 0.0425. The van der Waals surface area contributed by atoms with Crippen molar-refractivity contribution in [3.63, 3.8) is 0 Å². The van der Waals surface area contributed by atoms with Crippen molar-refractivity contribution in [2.45, 2.75) is 19.8 Å². The normalized spacial score (nSPS) is 18.7. The molecule has 4 heterocycles. The first-order valence-corrected chi connectivity index (χ1v) is 7.43. The number of aromatic amines is 1. The maximum atomic E-state index is 15.3. The smallest absolute Gasteiger partial charge is 0.394 e. The van der Waals surface area contributed by atoms with E-state index in [4.69, 9.17) is 0 Å². The highest BCUT2D eigenvalue weighted by Gasteiger charge is 2.52. The van der Waals surface area contributed by atoms with E-state index in [0.29, 0.717) is 28.5 Å². The minimum Gasteiger partial charge on any atom is -0.394 e. The number of nitrogens with zero attached hydrogens (tertiary/aromatic N) is 2. The molecule has 112 valence electrons. The van der Waals surface area contributed by atoms with Crippen LogP contribution in [0, 0.1) is 0 Å². The van der Waals surface area contributed by atoms with Crippen LogP contribution in [0.15, 0.2) is 48.3 Å². The molecule has 2 aromatic rings. The molecule has 0 bridgehead atoms. The summed E-state index contributed by atoms with van der Waals surface area (Å²) in [4.78, 5) is 3.02. The van der Waals surface area contributed by atoms with Crippen molar-refractivity contribution < 1.29 is 13.1 Å². The second-order valence-electron chi connectivity index (χ2n) is 6.04. The van der Waals surface area contributed by atoms with Gasteiger partial charge in [-0.15, -0.1) is 0 Å². The Labute approximate surface area is 127 Å². The summed E-state index contributed by atoms with van der Waals surface area (Å²) in [6, 6.07) is 7.19. The quantitative estimate of drug-likeness (QED) is 0.819. The van der Waals surface area contributed by atoms with Gasteiger partial charge in [-0.1, -0.05) is 13.8 Å². The minimum absolute atomic E-state index is 0.0425. The number of allylic oxidation sites excluding steroid dienone is 2. The number of halogens is 2. The van der Waals surface area contributed by atoms with Crippen LogP contribution in [-0.2, 0) is 0 Å². The maximum absolute atomic E-state index is 15.3. The van der Waals surface area contributed by atoms with E-state index in [0.717, 1.165) is 4.49 Å². The van der Waals surface area contributed by atoms with Gasteiger partial charge in [-0.05, 0) is 35.9 Å². The summed E-state index contributed by atoms with van der Waals surface area (Å²) in [6.07, 6.45) is 7.05. The van der Waals surface area contributed by atoms with Gasteiger partial charge in [0.15, 0.2) is 11.4 Å². The van der Waals surface area contributed by atoms with Crippen molar-refractivity contribution in [2.24, 2.45) is 0 Å². The predicted octanol–water partition coefficient (Wildman–Crippen LogP) is 3.59. The SMILES string of the molecule is CC(C)c1ccc2n1[B-](F)(F)[N+]1=C(c3ccc[nH]3)C=CC1=C2. The molecular weight excluding hydrogens is 283 g/mol. The van der Waals surface area contributed by atoms with Crippen LogP contribution in [0.2, 0.25) is 0 Å². The average Bonchev–Trinajstić information content (AvgIpc) is 3.16. The van der Waals surface area contributed by atoms with Crippen LogP contribution in [0.4, 0.5) is 8.63 Å². The van der Waals surface area contributed by atoms with Crippen molar-refractivity contribution >= 4 is 18.8 Å². The van der Waals surface area contributed by atoms with E-state index in [1.165, 1.54) is 4.48 Å². The zero-order chi connectivity index (χ0) is 15.5. The summed E-state index contributed by atoms with van der Waals surface area (Å²) < 4.78 is 32.9. The lowest BCUT2D eigenvalue weighted by Crippen LogP contribution is -2.51. The first-order valence-electron chi connectivity index (χ1n) is 7.43. The van der Waals surface area contributed by atoms with Gasteiger partial charge in [-0.25, -0.2) is 0 Å². The first kappa shape index (κ1) is 13.3. The van der Waals surface area contributed by atoms with Gasteiger partial charge in [0.2, 0.25) is 0 Å². The number of fused-ring (bicyclic) bond motifs is 2. The Morgan fingerprint density at radius 3 is 2.68 bits per heavy atom. The fourth-order valence-corrected chi connectivity index (χ4v) is 3.33. The molecule has 6 heteroatoms. The topological polar surface area (TPSA) is 23.7 Å². The van der Waals surface area contributed by atoms with Crippen LogP contribution >= 0.6 is 0 Å². The molecule has 0 radical (unpaired) electrons. The molecule has 0 fully saturated rings. The summed E-state index contributed by atoms with van der Waals surface area (Å²) in [6.45, 7) is -0.0342. The van der Waals surface area contributed by atoms with Gasteiger partial charge >= 0.3 is 6.97 Å². The molecule has 1 N–H and O–H groups in total. The van der Waals surface area contributed by atoms with Crippen molar-refractivity contribution in [1.29, 1.82) is 0 Å². The highest BCUT2D eigenvalue weighted by molar-refractivity contribution is 6.58. The Kier molecular flexibility index (Phi) is 2.61. The number of aromatic nitrogens is 2. The minimum atomic E-state index is -3.91. The number of H-pyrrole nitrogens is 1. The van der Waals surface area contributed by atoms with Crippen LogP contribution < -0.4 is 0 Å². The van der Waals surface area contributed by atoms with Crippen LogP contribution in [0.5, 0.6) is 0 Å². The first-order chi connectivity index (χ1) is 10.5. The van der Waals surface area contributed by atoms with Crippen molar-refractivity contribution in [3.8, 4) is 0 Å². The zero-order valence-corrected chi connectivity index (χ0v) is 12.4. The van der Waals surface area contributed by atoms with Gasteiger partial charge < -0.3 is 22.6 Å². The molecule has 4 rings (SSSR count). The van der Waals surface area contributed by atoms with Crippen LogP contribution in [0.1, 0.15) is 36.8 Å². The Balaban J connectivity index is 1.99. The molecule has 0 saturated carbocycles. The molecule has 0 unspecified atom stereocenters. The highest BCUT2D eigenvalue weighted by Crippen LogP contribution is 2.35. The Bertz CT molecular complexity index is 839. The molecule has 2 aliphatic rings. The average molecular weight is 299 g/mol. The van der Waals surface area contributed by atoms with Gasteiger partial charge in [0.1, 0.15) is 5.69 Å². The van der Waals surface area contributed by atoms with E-state index >= 15 is 8.63 Å². The molecular formula is C16H16BF2N3. The summed E-state index contributed by atoms with van der Waals surface area (Å²) in [5, 5.41) is 0. The third-order valence-corrected chi connectivity index (χ3v) is 4.31. The number of nitrogens with one attached hydrogen (secondary N) is 1. The Hall–Kier alpha value is -2.37. The molecule has 22 heavy (non-hydrogen) atoms. The molecule has 0 atom stereocenters. The molecule has 0 aliphatic carbocycles. The third kappa shape index (κ3) is 1.63. The van der Waals surface area contributed by atoms with Crippen LogP contribution in [-0.4, -0.2) is 26.6 Å². The van der Waals surface area contributed by atoms with E-state index in [2.05, 4.69) is 4.98 Å². The Morgan fingerprint density at radius 1 is 1.18 bits per heavy atom. The van der Waals surface area contributed by atoms with Gasteiger partial charge in [-0.3, -0.25) is 0 Å². The highest BCUT2D eigenvalue weighted by atomic mass is 19.2. The maximum Gasteiger partial charge on any atom is 0.737 e. The van der Waals surface area contributed by atoms with E-state index < -0.39 is 6.97 Å². The van der Waals surface area contributed by atoms with E-state index in [1.54, 1.807) is 30.5 Å². The molecule has 0 spiro atoms. The molecule has 0 amide bonds. The molecule has 3 nitrogen and oxygen atoms in total. The van der Waals surface area contributed by atoms with Crippen LogP contribution in [0.25, 0.3) is 6.08 Å². The monoisotopic (exact) mass is 299 g/mol.